The molecule has 0 bridgehead atoms. The van der Waals surface area contributed by atoms with Gasteiger partial charge in [0, 0.05) is 26.6 Å². The monoisotopic (exact) mass is 285 g/mol. The Kier molecular flexibility index (Phi) is 5.57. The summed E-state index contributed by atoms with van der Waals surface area (Å²) in [6.45, 7) is 7.41. The van der Waals surface area contributed by atoms with Crippen molar-refractivity contribution < 1.29 is 19.4 Å². The van der Waals surface area contributed by atoms with Crippen LogP contribution in [0, 0.1) is 10.8 Å². The number of rotatable bonds is 6. The zero-order valence-corrected chi connectivity index (χ0v) is 13.1. The molecule has 0 spiro atoms. The topological polar surface area (TPSA) is 66.8 Å². The minimum absolute atomic E-state index is 0.0634. The average molecular weight is 285 g/mol. The van der Waals surface area contributed by atoms with E-state index in [1.54, 1.807) is 4.90 Å². The van der Waals surface area contributed by atoms with E-state index in [2.05, 4.69) is 20.8 Å². The van der Waals surface area contributed by atoms with Gasteiger partial charge < -0.3 is 14.7 Å². The van der Waals surface area contributed by atoms with Crippen molar-refractivity contribution in [1.29, 1.82) is 0 Å². The maximum atomic E-state index is 12.1. The zero-order valence-electron chi connectivity index (χ0n) is 13.1. The molecule has 1 amide bonds. The van der Waals surface area contributed by atoms with Gasteiger partial charge in [-0.15, -0.1) is 0 Å². The first-order valence-corrected chi connectivity index (χ1v) is 7.20. The molecule has 1 heterocycles. The van der Waals surface area contributed by atoms with Crippen LogP contribution in [0.1, 0.15) is 46.5 Å². The summed E-state index contributed by atoms with van der Waals surface area (Å²) >= 11 is 0. The number of carbonyl (C=O) groups excluding carboxylic acids is 1. The van der Waals surface area contributed by atoms with Crippen molar-refractivity contribution in [1.82, 2.24) is 4.90 Å². The van der Waals surface area contributed by atoms with Gasteiger partial charge >= 0.3 is 5.97 Å². The van der Waals surface area contributed by atoms with Crippen LogP contribution in [-0.2, 0) is 14.3 Å². The van der Waals surface area contributed by atoms with Crippen molar-refractivity contribution >= 4 is 11.9 Å². The predicted octanol–water partition coefficient (Wildman–Crippen LogP) is 2.15. The Morgan fingerprint density at radius 2 is 2.00 bits per heavy atom. The molecule has 5 nitrogen and oxygen atoms in total. The summed E-state index contributed by atoms with van der Waals surface area (Å²) in [6.07, 6.45) is 2.82. The number of methoxy groups -OCH3 is 1. The summed E-state index contributed by atoms with van der Waals surface area (Å²) in [6, 6.07) is 0. The fraction of sp³-hybridized carbons (Fsp3) is 0.867. The number of nitrogens with zero attached hydrogens (tertiary/aromatic N) is 1. The summed E-state index contributed by atoms with van der Waals surface area (Å²) in [7, 11) is 1.50. The van der Waals surface area contributed by atoms with Crippen LogP contribution in [-0.4, -0.2) is 48.7 Å². The van der Waals surface area contributed by atoms with Crippen LogP contribution in [0.2, 0.25) is 0 Å². The molecule has 5 heteroatoms. The Morgan fingerprint density at radius 1 is 1.35 bits per heavy atom. The number of likely N-dealkylation sites (tertiary alicyclic amines) is 1. The molecule has 1 rings (SSSR count). The third kappa shape index (κ3) is 4.47. The molecule has 1 atom stereocenters. The van der Waals surface area contributed by atoms with Crippen LogP contribution < -0.4 is 0 Å². The molecule has 1 saturated heterocycles. The van der Waals surface area contributed by atoms with Crippen molar-refractivity contribution in [2.45, 2.75) is 46.5 Å². The van der Waals surface area contributed by atoms with E-state index < -0.39 is 11.4 Å². The third-order valence-corrected chi connectivity index (χ3v) is 3.90. The molecular formula is C15H27NO4. The van der Waals surface area contributed by atoms with Crippen molar-refractivity contribution in [3.8, 4) is 0 Å². The van der Waals surface area contributed by atoms with Crippen molar-refractivity contribution in [2.24, 2.45) is 10.8 Å². The molecule has 0 aromatic rings. The highest BCUT2D eigenvalue weighted by Gasteiger charge is 2.46. The first-order valence-electron chi connectivity index (χ1n) is 7.20. The first-order chi connectivity index (χ1) is 9.20. The highest BCUT2D eigenvalue weighted by atomic mass is 16.5. The van der Waals surface area contributed by atoms with Crippen LogP contribution in [0.15, 0.2) is 0 Å². The number of aliphatic carboxylic acids is 1. The lowest BCUT2D eigenvalue weighted by Crippen LogP contribution is -2.40. The normalized spacial score (nSPS) is 23.1. The molecule has 0 aromatic heterocycles. The number of hydrogen-bond acceptors (Lipinski definition) is 3. The van der Waals surface area contributed by atoms with Gasteiger partial charge in [-0.25, -0.2) is 0 Å². The molecule has 0 saturated carbocycles. The van der Waals surface area contributed by atoms with Gasteiger partial charge in [0.2, 0.25) is 5.91 Å². The Morgan fingerprint density at radius 3 is 2.50 bits per heavy atom. The second-order valence-electron chi connectivity index (χ2n) is 7.00. The highest BCUT2D eigenvalue weighted by molar-refractivity contribution is 5.80. The van der Waals surface area contributed by atoms with Crippen molar-refractivity contribution in [2.75, 3.05) is 26.8 Å². The molecular weight excluding hydrogens is 258 g/mol. The number of ether oxygens (including phenoxy) is 1. The zero-order chi connectivity index (χ0) is 15.4. The van der Waals surface area contributed by atoms with E-state index >= 15 is 0 Å². The summed E-state index contributed by atoms with van der Waals surface area (Å²) in [5, 5.41) is 9.36. The minimum atomic E-state index is -0.922. The van der Waals surface area contributed by atoms with Crippen molar-refractivity contribution in [3.05, 3.63) is 0 Å². The smallest absolute Gasteiger partial charge is 0.313 e. The van der Waals surface area contributed by atoms with E-state index in [-0.39, 0.29) is 24.5 Å². The lowest BCUT2D eigenvalue weighted by atomic mass is 9.88. The Bertz CT molecular complexity index is 361. The van der Waals surface area contributed by atoms with Crippen molar-refractivity contribution in [3.63, 3.8) is 0 Å². The van der Waals surface area contributed by atoms with Crippen LogP contribution >= 0.6 is 0 Å². The fourth-order valence-electron chi connectivity index (χ4n) is 2.64. The number of hydrogen-bond donors (Lipinski definition) is 1. The van der Waals surface area contributed by atoms with Gasteiger partial charge in [-0.05, 0) is 24.7 Å². The van der Waals surface area contributed by atoms with E-state index in [1.807, 2.05) is 0 Å². The Hall–Kier alpha value is -1.10. The average Bonchev–Trinajstić information content (AvgIpc) is 2.73. The standard InChI is InChI=1S/C15H27NO4/c1-14(2,3)7-5-6-12(17)16-9-8-15(10-16,11-20-4)13(18)19/h5-11H2,1-4H3,(H,18,19). The van der Waals surface area contributed by atoms with E-state index in [0.29, 0.717) is 19.4 Å². The molecule has 0 aliphatic carbocycles. The second-order valence-corrected chi connectivity index (χ2v) is 7.00. The molecule has 1 unspecified atom stereocenters. The van der Waals surface area contributed by atoms with Crippen LogP contribution in [0.5, 0.6) is 0 Å². The fourth-order valence-corrected chi connectivity index (χ4v) is 2.64. The van der Waals surface area contributed by atoms with Gasteiger partial charge in [-0.3, -0.25) is 9.59 Å². The second kappa shape index (κ2) is 6.57. The number of carboxylic acids is 1. The molecule has 1 aliphatic heterocycles. The van der Waals surface area contributed by atoms with E-state index in [0.717, 1.165) is 12.8 Å². The van der Waals surface area contributed by atoms with E-state index in [4.69, 9.17) is 4.74 Å². The molecule has 0 aromatic carbocycles. The Labute approximate surface area is 121 Å². The predicted molar refractivity (Wildman–Crippen MR) is 76.4 cm³/mol. The highest BCUT2D eigenvalue weighted by Crippen LogP contribution is 2.32. The van der Waals surface area contributed by atoms with Crippen LogP contribution in [0.3, 0.4) is 0 Å². The summed E-state index contributed by atoms with van der Waals surface area (Å²) in [4.78, 5) is 25.2. The van der Waals surface area contributed by atoms with Gasteiger partial charge in [0.05, 0.1) is 6.61 Å². The lowest BCUT2D eigenvalue weighted by molar-refractivity contribution is -0.151. The number of carbonyl (C=O) groups is 2. The first kappa shape index (κ1) is 17.0. The molecule has 0 radical (unpaired) electrons. The minimum Gasteiger partial charge on any atom is -0.481 e. The van der Waals surface area contributed by atoms with E-state index in [9.17, 15) is 14.7 Å². The maximum absolute atomic E-state index is 12.1. The van der Waals surface area contributed by atoms with Gasteiger partial charge in [0.1, 0.15) is 5.41 Å². The van der Waals surface area contributed by atoms with Gasteiger partial charge in [0.25, 0.3) is 0 Å². The van der Waals surface area contributed by atoms with Gasteiger partial charge in [-0.2, -0.15) is 0 Å². The van der Waals surface area contributed by atoms with E-state index in [1.165, 1.54) is 7.11 Å². The lowest BCUT2D eigenvalue weighted by Gasteiger charge is -2.24. The molecule has 1 aliphatic rings. The maximum Gasteiger partial charge on any atom is 0.313 e. The number of amides is 1. The summed E-state index contributed by atoms with van der Waals surface area (Å²) in [5.41, 5.74) is -0.694. The molecule has 1 fully saturated rings. The quantitative estimate of drug-likeness (QED) is 0.812. The van der Waals surface area contributed by atoms with Gasteiger partial charge in [0.15, 0.2) is 0 Å². The van der Waals surface area contributed by atoms with Gasteiger partial charge in [-0.1, -0.05) is 20.8 Å². The molecule has 20 heavy (non-hydrogen) atoms. The SMILES string of the molecule is COCC1(C(=O)O)CCN(C(=O)CCCC(C)(C)C)C1. The van der Waals surface area contributed by atoms with Crippen LogP contribution in [0.25, 0.3) is 0 Å². The largest absolute Gasteiger partial charge is 0.481 e. The molecule has 1 N–H and O–H groups in total. The summed E-state index contributed by atoms with van der Waals surface area (Å²) < 4.78 is 5.03. The third-order valence-electron chi connectivity index (χ3n) is 3.90. The van der Waals surface area contributed by atoms with Crippen LogP contribution in [0.4, 0.5) is 0 Å². The Balaban J connectivity index is 2.50. The summed E-state index contributed by atoms with van der Waals surface area (Å²) in [5.74, 6) is -0.808. The number of carboxylic acid groups (broad SMARTS) is 1. The molecule has 116 valence electrons.